The van der Waals surface area contributed by atoms with Gasteiger partial charge in [-0.25, -0.2) is 4.39 Å². The summed E-state index contributed by atoms with van der Waals surface area (Å²) >= 11 is 9.72. The predicted molar refractivity (Wildman–Crippen MR) is 113 cm³/mol. The van der Waals surface area contributed by atoms with Gasteiger partial charge in [-0.1, -0.05) is 48.0 Å². The number of methoxy groups -OCH3 is 1. The first-order valence-corrected chi connectivity index (χ1v) is 9.92. The fraction of sp³-hybridized carbons (Fsp3) is 0.182. The van der Waals surface area contributed by atoms with Crippen molar-refractivity contribution in [3.05, 3.63) is 92.7 Å². The van der Waals surface area contributed by atoms with Crippen molar-refractivity contribution in [3.8, 4) is 11.5 Å². The van der Waals surface area contributed by atoms with Crippen LogP contribution in [0.25, 0.3) is 0 Å². The molecule has 0 unspecified atom stereocenters. The van der Waals surface area contributed by atoms with E-state index in [1.165, 1.54) is 6.07 Å². The molecule has 0 radical (unpaired) electrons. The smallest absolute Gasteiger partial charge is 0.175 e. The van der Waals surface area contributed by atoms with Crippen LogP contribution in [0.5, 0.6) is 11.5 Å². The van der Waals surface area contributed by atoms with Gasteiger partial charge in [-0.3, -0.25) is 0 Å². The third kappa shape index (κ3) is 5.25. The summed E-state index contributed by atoms with van der Waals surface area (Å²) in [4.78, 5) is 0. The Kier molecular flexibility index (Phi) is 7.31. The Hall–Kier alpha value is -2.08. The van der Waals surface area contributed by atoms with Crippen molar-refractivity contribution >= 4 is 27.5 Å². The quantitative estimate of drug-likeness (QED) is 0.436. The number of halogens is 3. The lowest BCUT2D eigenvalue weighted by Gasteiger charge is -2.15. The molecule has 0 amide bonds. The Morgan fingerprint density at radius 2 is 1.71 bits per heavy atom. The first-order valence-electron chi connectivity index (χ1n) is 8.75. The molecule has 0 saturated heterocycles. The van der Waals surface area contributed by atoms with Gasteiger partial charge in [0.25, 0.3) is 0 Å². The second kappa shape index (κ2) is 9.92. The van der Waals surface area contributed by atoms with E-state index < -0.39 is 0 Å². The second-order valence-electron chi connectivity index (χ2n) is 6.18. The largest absolute Gasteiger partial charge is 0.493 e. The van der Waals surface area contributed by atoms with Crippen molar-refractivity contribution in [1.82, 2.24) is 5.32 Å². The van der Waals surface area contributed by atoms with Crippen molar-refractivity contribution in [2.24, 2.45) is 0 Å². The van der Waals surface area contributed by atoms with Gasteiger partial charge in [0.2, 0.25) is 0 Å². The van der Waals surface area contributed by atoms with Crippen molar-refractivity contribution in [1.29, 1.82) is 0 Å². The fourth-order valence-corrected chi connectivity index (χ4v) is 3.57. The van der Waals surface area contributed by atoms with Gasteiger partial charge in [-0.05, 0) is 51.3 Å². The Morgan fingerprint density at radius 3 is 2.43 bits per heavy atom. The molecule has 0 saturated carbocycles. The minimum atomic E-state index is -0.294. The lowest BCUT2D eigenvalue weighted by molar-refractivity contribution is 0.277. The van der Waals surface area contributed by atoms with Crippen LogP contribution < -0.4 is 14.8 Å². The Bertz CT molecular complexity index is 952. The van der Waals surface area contributed by atoms with E-state index in [9.17, 15) is 4.39 Å². The zero-order chi connectivity index (χ0) is 19.9. The van der Waals surface area contributed by atoms with E-state index in [0.717, 1.165) is 20.6 Å². The molecule has 3 aromatic carbocycles. The highest BCUT2D eigenvalue weighted by molar-refractivity contribution is 9.10. The highest BCUT2D eigenvalue weighted by atomic mass is 79.9. The van der Waals surface area contributed by atoms with Crippen molar-refractivity contribution in [2.45, 2.75) is 19.7 Å². The summed E-state index contributed by atoms with van der Waals surface area (Å²) in [5.74, 6) is 0.832. The van der Waals surface area contributed by atoms with Crippen LogP contribution in [0.3, 0.4) is 0 Å². The van der Waals surface area contributed by atoms with E-state index in [1.54, 1.807) is 25.3 Å². The number of benzene rings is 3. The highest BCUT2D eigenvalue weighted by Gasteiger charge is 2.13. The van der Waals surface area contributed by atoms with Crippen molar-refractivity contribution in [3.63, 3.8) is 0 Å². The Balaban J connectivity index is 1.67. The topological polar surface area (TPSA) is 30.5 Å². The monoisotopic (exact) mass is 463 g/mol. The summed E-state index contributed by atoms with van der Waals surface area (Å²) in [6.07, 6.45) is 0. The van der Waals surface area contributed by atoms with Crippen LogP contribution in [0.1, 0.15) is 16.7 Å². The molecular weight excluding hydrogens is 445 g/mol. The van der Waals surface area contributed by atoms with Gasteiger partial charge >= 0.3 is 0 Å². The number of hydrogen-bond acceptors (Lipinski definition) is 3. The van der Waals surface area contributed by atoms with Gasteiger partial charge in [-0.15, -0.1) is 0 Å². The first-order chi connectivity index (χ1) is 13.6. The van der Waals surface area contributed by atoms with Gasteiger partial charge in [0.1, 0.15) is 12.4 Å². The van der Waals surface area contributed by atoms with E-state index in [1.807, 2.05) is 36.4 Å². The molecule has 1 N–H and O–H groups in total. The molecule has 0 aliphatic carbocycles. The van der Waals surface area contributed by atoms with Crippen LogP contribution in [0.15, 0.2) is 65.1 Å². The standard InChI is InChI=1S/C22H20BrClFNO2/c1-27-21-11-15(12-26-13-16-6-2-4-8-19(16)24)10-18(23)22(21)28-14-17-7-3-5-9-20(17)25/h2-11,26H,12-14H2,1H3. The molecule has 3 aromatic rings. The molecule has 0 fully saturated rings. The van der Waals surface area contributed by atoms with Gasteiger partial charge in [0.15, 0.2) is 11.5 Å². The molecule has 0 aromatic heterocycles. The van der Waals surface area contributed by atoms with Gasteiger partial charge in [0, 0.05) is 23.7 Å². The lowest BCUT2D eigenvalue weighted by atomic mass is 10.1. The fourth-order valence-electron chi connectivity index (χ4n) is 2.76. The minimum Gasteiger partial charge on any atom is -0.493 e. The van der Waals surface area contributed by atoms with E-state index in [4.69, 9.17) is 21.1 Å². The molecule has 146 valence electrons. The molecule has 0 aliphatic rings. The van der Waals surface area contributed by atoms with E-state index in [2.05, 4.69) is 21.2 Å². The number of ether oxygens (including phenoxy) is 2. The average molecular weight is 465 g/mol. The Labute approximate surface area is 177 Å². The van der Waals surface area contributed by atoms with Gasteiger partial charge in [0.05, 0.1) is 11.6 Å². The van der Waals surface area contributed by atoms with Crippen LogP contribution in [0.2, 0.25) is 5.02 Å². The number of hydrogen-bond donors (Lipinski definition) is 1. The zero-order valence-corrected chi connectivity index (χ0v) is 17.7. The third-order valence-electron chi connectivity index (χ3n) is 4.22. The molecule has 6 heteroatoms. The lowest BCUT2D eigenvalue weighted by Crippen LogP contribution is -2.13. The molecular formula is C22H20BrClFNO2. The minimum absolute atomic E-state index is 0.117. The number of rotatable bonds is 8. The summed E-state index contributed by atoms with van der Waals surface area (Å²) in [7, 11) is 1.58. The summed E-state index contributed by atoms with van der Waals surface area (Å²) in [5, 5.41) is 4.11. The summed E-state index contributed by atoms with van der Waals surface area (Å²) in [6, 6.07) is 18.1. The molecule has 0 atom stereocenters. The molecule has 0 aliphatic heterocycles. The molecule has 0 heterocycles. The van der Waals surface area contributed by atoms with Gasteiger partial charge in [-0.2, -0.15) is 0 Å². The summed E-state index contributed by atoms with van der Waals surface area (Å²) in [6.45, 7) is 1.41. The summed E-state index contributed by atoms with van der Waals surface area (Å²) in [5.41, 5.74) is 2.55. The first kappa shape index (κ1) is 20.6. The normalized spacial score (nSPS) is 10.7. The molecule has 3 nitrogen and oxygen atoms in total. The highest BCUT2D eigenvalue weighted by Crippen LogP contribution is 2.37. The van der Waals surface area contributed by atoms with Crippen molar-refractivity contribution in [2.75, 3.05) is 7.11 Å². The second-order valence-corrected chi connectivity index (χ2v) is 7.45. The van der Waals surface area contributed by atoms with E-state index >= 15 is 0 Å². The van der Waals surface area contributed by atoms with E-state index in [-0.39, 0.29) is 12.4 Å². The number of nitrogens with one attached hydrogen (secondary N) is 1. The summed E-state index contributed by atoms with van der Waals surface area (Å²) < 4.78 is 25.8. The van der Waals surface area contributed by atoms with Crippen LogP contribution in [-0.2, 0) is 19.7 Å². The Morgan fingerprint density at radius 1 is 1.00 bits per heavy atom. The third-order valence-corrected chi connectivity index (χ3v) is 5.18. The van der Waals surface area contributed by atoms with Crippen LogP contribution >= 0.6 is 27.5 Å². The molecule has 0 bridgehead atoms. The molecule has 3 rings (SSSR count). The van der Waals surface area contributed by atoms with Crippen LogP contribution in [0, 0.1) is 5.82 Å². The van der Waals surface area contributed by atoms with E-state index in [0.29, 0.717) is 30.2 Å². The van der Waals surface area contributed by atoms with Crippen molar-refractivity contribution < 1.29 is 13.9 Å². The van der Waals surface area contributed by atoms with Crippen LogP contribution in [0.4, 0.5) is 4.39 Å². The van der Waals surface area contributed by atoms with Crippen LogP contribution in [-0.4, -0.2) is 7.11 Å². The predicted octanol–water partition coefficient (Wildman–Crippen LogP) is 6.12. The maximum atomic E-state index is 13.8. The SMILES string of the molecule is COc1cc(CNCc2ccccc2Cl)cc(Br)c1OCc1ccccc1F. The average Bonchev–Trinajstić information content (AvgIpc) is 2.69. The van der Waals surface area contributed by atoms with Gasteiger partial charge < -0.3 is 14.8 Å². The molecule has 0 spiro atoms. The maximum Gasteiger partial charge on any atom is 0.175 e. The maximum absolute atomic E-state index is 13.8. The zero-order valence-electron chi connectivity index (χ0n) is 15.3. The molecule has 28 heavy (non-hydrogen) atoms.